The van der Waals surface area contributed by atoms with Crippen LogP contribution in [0.1, 0.15) is 44.2 Å². The summed E-state index contributed by atoms with van der Waals surface area (Å²) in [5, 5.41) is 3.66. The summed E-state index contributed by atoms with van der Waals surface area (Å²) in [5.74, 6) is 1.11. The molecular weight excluding hydrogens is 260 g/mol. The predicted molar refractivity (Wildman–Crippen MR) is 86.8 cm³/mol. The molecule has 0 amide bonds. The lowest BCUT2D eigenvalue weighted by Crippen LogP contribution is -2.56. The number of ether oxygens (including phenoxy) is 1. The van der Waals surface area contributed by atoms with Crippen molar-refractivity contribution in [3.8, 4) is 5.75 Å². The zero-order valence-corrected chi connectivity index (χ0v) is 13.8. The van der Waals surface area contributed by atoms with Gasteiger partial charge in [-0.05, 0) is 52.8 Å². The van der Waals surface area contributed by atoms with Crippen molar-refractivity contribution in [2.24, 2.45) is 0 Å². The van der Waals surface area contributed by atoms with E-state index in [4.69, 9.17) is 4.74 Å². The summed E-state index contributed by atoms with van der Waals surface area (Å²) in [4.78, 5) is 2.39. The SMILES string of the molecule is CN(C)C1(CNCc2cccc3c2OC(C)(C)C3)CCC1. The lowest BCUT2D eigenvalue weighted by Gasteiger charge is -2.47. The first-order valence-corrected chi connectivity index (χ1v) is 8.10. The third-order valence-electron chi connectivity index (χ3n) is 5.18. The van der Waals surface area contributed by atoms with Gasteiger partial charge in [0.1, 0.15) is 11.4 Å². The highest BCUT2D eigenvalue weighted by molar-refractivity contribution is 5.45. The Morgan fingerprint density at radius 2 is 2.00 bits per heavy atom. The van der Waals surface area contributed by atoms with Crippen LogP contribution >= 0.6 is 0 Å². The molecule has 1 fully saturated rings. The second-order valence-corrected chi connectivity index (χ2v) is 7.52. The van der Waals surface area contributed by atoms with E-state index in [1.165, 1.54) is 30.4 Å². The van der Waals surface area contributed by atoms with E-state index in [-0.39, 0.29) is 5.60 Å². The number of likely N-dealkylation sites (N-methyl/N-ethyl adjacent to an activating group) is 1. The molecule has 2 aliphatic rings. The van der Waals surface area contributed by atoms with Crippen molar-refractivity contribution in [3.05, 3.63) is 29.3 Å². The summed E-state index contributed by atoms with van der Waals surface area (Å²) in [5.41, 5.74) is 2.96. The molecule has 1 N–H and O–H groups in total. The summed E-state index contributed by atoms with van der Waals surface area (Å²) in [7, 11) is 4.40. The molecule has 21 heavy (non-hydrogen) atoms. The number of nitrogens with zero attached hydrogens (tertiary/aromatic N) is 1. The van der Waals surface area contributed by atoms with Gasteiger partial charge in [0.2, 0.25) is 0 Å². The molecule has 1 heterocycles. The minimum absolute atomic E-state index is 0.0583. The van der Waals surface area contributed by atoms with Crippen LogP contribution in [-0.4, -0.2) is 36.7 Å². The molecule has 3 nitrogen and oxygen atoms in total. The molecule has 0 aromatic heterocycles. The average molecular weight is 288 g/mol. The van der Waals surface area contributed by atoms with Gasteiger partial charge in [0.15, 0.2) is 0 Å². The van der Waals surface area contributed by atoms with E-state index in [1.54, 1.807) is 0 Å². The van der Waals surface area contributed by atoms with E-state index in [9.17, 15) is 0 Å². The molecule has 1 aromatic rings. The Hall–Kier alpha value is -1.06. The van der Waals surface area contributed by atoms with Crippen molar-refractivity contribution in [3.63, 3.8) is 0 Å². The number of rotatable bonds is 5. The van der Waals surface area contributed by atoms with Gasteiger partial charge in [-0.2, -0.15) is 0 Å². The molecule has 1 aromatic carbocycles. The molecule has 1 aliphatic carbocycles. The number of nitrogens with one attached hydrogen (secondary N) is 1. The fourth-order valence-corrected chi connectivity index (χ4v) is 3.62. The summed E-state index contributed by atoms with van der Waals surface area (Å²) in [6.45, 7) is 6.29. The topological polar surface area (TPSA) is 24.5 Å². The molecule has 0 spiro atoms. The minimum atomic E-state index is -0.0583. The van der Waals surface area contributed by atoms with E-state index in [0.717, 1.165) is 25.3 Å². The molecule has 116 valence electrons. The smallest absolute Gasteiger partial charge is 0.127 e. The largest absolute Gasteiger partial charge is 0.487 e. The zero-order chi connectivity index (χ0) is 15.1. The summed E-state index contributed by atoms with van der Waals surface area (Å²) >= 11 is 0. The van der Waals surface area contributed by atoms with E-state index in [0.29, 0.717) is 5.54 Å². The second kappa shape index (κ2) is 5.29. The highest BCUT2D eigenvalue weighted by atomic mass is 16.5. The number of para-hydroxylation sites is 1. The number of fused-ring (bicyclic) bond motifs is 1. The maximum atomic E-state index is 6.15. The molecule has 0 saturated heterocycles. The van der Waals surface area contributed by atoms with Crippen LogP contribution in [0.2, 0.25) is 0 Å². The van der Waals surface area contributed by atoms with Crippen LogP contribution in [0.25, 0.3) is 0 Å². The van der Waals surface area contributed by atoms with Crippen LogP contribution in [0.3, 0.4) is 0 Å². The highest BCUT2D eigenvalue weighted by Crippen LogP contribution is 2.38. The van der Waals surface area contributed by atoms with Crippen LogP contribution in [0.15, 0.2) is 18.2 Å². The van der Waals surface area contributed by atoms with Crippen LogP contribution in [0, 0.1) is 0 Å². The first-order chi connectivity index (χ1) is 9.92. The lowest BCUT2D eigenvalue weighted by molar-refractivity contribution is 0.0596. The van der Waals surface area contributed by atoms with E-state index in [1.807, 2.05) is 0 Å². The zero-order valence-electron chi connectivity index (χ0n) is 13.8. The van der Waals surface area contributed by atoms with Crippen molar-refractivity contribution in [1.29, 1.82) is 0 Å². The maximum absolute atomic E-state index is 6.15. The molecule has 3 heteroatoms. The van der Waals surface area contributed by atoms with Gasteiger partial charge in [-0.3, -0.25) is 0 Å². The minimum Gasteiger partial charge on any atom is -0.487 e. The van der Waals surface area contributed by atoms with Gasteiger partial charge in [0, 0.05) is 30.6 Å². The van der Waals surface area contributed by atoms with Crippen LogP contribution in [0.4, 0.5) is 0 Å². The van der Waals surface area contributed by atoms with Gasteiger partial charge in [0.05, 0.1) is 0 Å². The van der Waals surface area contributed by atoms with Gasteiger partial charge in [0.25, 0.3) is 0 Å². The van der Waals surface area contributed by atoms with Gasteiger partial charge in [-0.25, -0.2) is 0 Å². The Labute approximate surface area is 128 Å². The van der Waals surface area contributed by atoms with Gasteiger partial charge < -0.3 is 15.0 Å². The molecule has 3 rings (SSSR count). The van der Waals surface area contributed by atoms with Gasteiger partial charge in [-0.1, -0.05) is 18.2 Å². The van der Waals surface area contributed by atoms with Crippen molar-refractivity contribution < 1.29 is 4.74 Å². The maximum Gasteiger partial charge on any atom is 0.127 e. The van der Waals surface area contributed by atoms with Crippen LogP contribution in [-0.2, 0) is 13.0 Å². The Morgan fingerprint density at radius 1 is 1.24 bits per heavy atom. The van der Waals surface area contributed by atoms with E-state index in [2.05, 4.69) is 56.4 Å². The van der Waals surface area contributed by atoms with Crippen molar-refractivity contribution in [2.45, 2.75) is 57.2 Å². The van der Waals surface area contributed by atoms with Crippen LogP contribution < -0.4 is 10.1 Å². The lowest BCUT2D eigenvalue weighted by atomic mass is 9.75. The van der Waals surface area contributed by atoms with Crippen molar-refractivity contribution >= 4 is 0 Å². The summed E-state index contributed by atoms with van der Waals surface area (Å²) in [6.07, 6.45) is 4.99. The monoisotopic (exact) mass is 288 g/mol. The van der Waals surface area contributed by atoms with Crippen LogP contribution in [0.5, 0.6) is 5.75 Å². The summed E-state index contributed by atoms with van der Waals surface area (Å²) in [6, 6.07) is 6.54. The van der Waals surface area contributed by atoms with E-state index >= 15 is 0 Å². The molecule has 1 aliphatic heterocycles. The fourth-order valence-electron chi connectivity index (χ4n) is 3.62. The van der Waals surface area contributed by atoms with Gasteiger partial charge >= 0.3 is 0 Å². The van der Waals surface area contributed by atoms with E-state index < -0.39 is 0 Å². The normalized spacial score (nSPS) is 21.8. The molecule has 0 radical (unpaired) electrons. The van der Waals surface area contributed by atoms with Gasteiger partial charge in [-0.15, -0.1) is 0 Å². The van der Waals surface area contributed by atoms with Crippen molar-refractivity contribution in [2.75, 3.05) is 20.6 Å². The quantitative estimate of drug-likeness (QED) is 0.901. The Balaban J connectivity index is 1.64. The second-order valence-electron chi connectivity index (χ2n) is 7.52. The number of hydrogen-bond acceptors (Lipinski definition) is 3. The molecule has 0 bridgehead atoms. The van der Waals surface area contributed by atoms with Crippen molar-refractivity contribution in [1.82, 2.24) is 10.2 Å². The number of hydrogen-bond donors (Lipinski definition) is 1. The average Bonchev–Trinajstić information content (AvgIpc) is 2.66. The first-order valence-electron chi connectivity index (χ1n) is 8.10. The third-order valence-corrected chi connectivity index (χ3v) is 5.18. The molecule has 0 atom stereocenters. The third kappa shape index (κ3) is 2.82. The Bertz CT molecular complexity index is 518. The first kappa shape index (κ1) is 14.9. The number of benzene rings is 1. The Kier molecular flexibility index (Phi) is 3.74. The highest BCUT2D eigenvalue weighted by Gasteiger charge is 2.38. The summed E-state index contributed by atoms with van der Waals surface area (Å²) < 4.78 is 6.15. The predicted octanol–water partition coefficient (Wildman–Crippen LogP) is 2.97. The molecule has 0 unspecified atom stereocenters. The molecular formula is C18H28N2O. The Morgan fingerprint density at radius 3 is 2.62 bits per heavy atom. The molecule has 1 saturated carbocycles. The fraction of sp³-hybridized carbons (Fsp3) is 0.667. The standard InChI is InChI=1S/C18H28N2O/c1-17(2)11-14-7-5-8-15(16(14)21-17)12-19-13-18(20(3)4)9-6-10-18/h5,7-8,19H,6,9-13H2,1-4H3.